The fourth-order valence-electron chi connectivity index (χ4n) is 2.66. The first-order chi connectivity index (χ1) is 11.8. The zero-order valence-corrected chi connectivity index (χ0v) is 17.4. The zero-order valence-electron chi connectivity index (χ0n) is 17.4. The van der Waals surface area contributed by atoms with E-state index in [4.69, 9.17) is 9.47 Å². The molecule has 2 saturated heterocycles. The molecule has 0 spiro atoms. The Hall–Kier alpha value is -1.50. The van der Waals surface area contributed by atoms with Crippen LogP contribution < -0.4 is 0 Å². The summed E-state index contributed by atoms with van der Waals surface area (Å²) in [5.41, 5.74) is -0.826. The standard InChI is InChI=1S/C10H19NO2.C9H17NO3/c1-8-5-6-11(7-8)9(12)13-10(2,3)4;1-9(2,3)13-8(12)10-5-4-7(11)6-10/h8H,5-7H2,1-4H3;7,11H,4-6H2,1-3H3/t8-;7-/m00/s1. The van der Waals surface area contributed by atoms with E-state index in [1.54, 1.807) is 4.90 Å². The fraction of sp³-hybridized carbons (Fsp3) is 0.895. The number of rotatable bonds is 0. The van der Waals surface area contributed by atoms with Crippen LogP contribution in [0.3, 0.4) is 0 Å². The number of hydrogen-bond acceptors (Lipinski definition) is 5. The van der Waals surface area contributed by atoms with Crippen LogP contribution in [0.15, 0.2) is 0 Å². The molecule has 2 rings (SSSR count). The van der Waals surface area contributed by atoms with Crippen molar-refractivity contribution in [1.29, 1.82) is 0 Å². The summed E-state index contributed by atoms with van der Waals surface area (Å²) < 4.78 is 10.4. The lowest BCUT2D eigenvalue weighted by molar-refractivity contribution is 0.0266. The number of aliphatic hydroxyl groups is 1. The third-order valence-electron chi connectivity index (χ3n) is 3.89. The van der Waals surface area contributed by atoms with Crippen LogP contribution in [0.2, 0.25) is 0 Å². The van der Waals surface area contributed by atoms with Gasteiger partial charge in [-0.25, -0.2) is 9.59 Å². The van der Waals surface area contributed by atoms with Crippen molar-refractivity contribution in [2.75, 3.05) is 26.2 Å². The van der Waals surface area contributed by atoms with Gasteiger partial charge in [-0.2, -0.15) is 0 Å². The molecule has 7 heteroatoms. The second-order valence-electron chi connectivity index (χ2n) is 9.19. The molecule has 2 fully saturated rings. The van der Waals surface area contributed by atoms with Crippen LogP contribution in [0.1, 0.15) is 61.3 Å². The molecule has 2 aliphatic rings. The highest BCUT2D eigenvalue weighted by atomic mass is 16.6. The van der Waals surface area contributed by atoms with E-state index >= 15 is 0 Å². The molecule has 0 aromatic rings. The quantitative estimate of drug-likeness (QED) is 0.706. The minimum atomic E-state index is -0.454. The Labute approximate surface area is 157 Å². The van der Waals surface area contributed by atoms with Crippen molar-refractivity contribution in [2.45, 2.75) is 78.6 Å². The average molecular weight is 373 g/mol. The Morgan fingerprint density at radius 2 is 1.27 bits per heavy atom. The summed E-state index contributed by atoms with van der Waals surface area (Å²) in [6.45, 7) is 16.0. The minimum absolute atomic E-state index is 0.170. The third kappa shape index (κ3) is 8.74. The largest absolute Gasteiger partial charge is 0.444 e. The number of amides is 2. The smallest absolute Gasteiger partial charge is 0.410 e. The van der Waals surface area contributed by atoms with Crippen LogP contribution in [0.5, 0.6) is 0 Å². The van der Waals surface area contributed by atoms with Crippen LogP contribution in [0.25, 0.3) is 0 Å². The Balaban J connectivity index is 0.000000260. The summed E-state index contributed by atoms with van der Waals surface area (Å²) in [4.78, 5) is 26.2. The summed E-state index contributed by atoms with van der Waals surface area (Å²) in [6, 6.07) is 0. The van der Waals surface area contributed by atoms with Crippen LogP contribution in [0.4, 0.5) is 9.59 Å². The van der Waals surface area contributed by atoms with Crippen molar-refractivity contribution in [2.24, 2.45) is 5.92 Å². The summed E-state index contributed by atoms with van der Waals surface area (Å²) in [7, 11) is 0. The molecule has 2 atom stereocenters. The average Bonchev–Trinajstić information content (AvgIpc) is 3.04. The predicted octanol–water partition coefficient (Wildman–Crippen LogP) is 3.25. The SMILES string of the molecule is CC(C)(C)OC(=O)N1CC[C@H](O)C1.C[C@H]1CCN(C(=O)OC(C)(C)C)C1. The number of carbonyl (C=O) groups excluding carboxylic acids is 2. The number of β-amino-alcohol motifs (C(OH)–C–C–N with tert-alkyl or cyclic N) is 1. The van der Waals surface area contributed by atoms with E-state index < -0.39 is 5.60 Å². The molecule has 0 aromatic carbocycles. The number of likely N-dealkylation sites (tertiary alicyclic amines) is 2. The highest BCUT2D eigenvalue weighted by Gasteiger charge is 2.28. The maximum atomic E-state index is 11.5. The monoisotopic (exact) mass is 372 g/mol. The maximum Gasteiger partial charge on any atom is 0.410 e. The lowest BCUT2D eigenvalue weighted by atomic mass is 10.2. The molecule has 0 bridgehead atoms. The number of aliphatic hydroxyl groups excluding tert-OH is 1. The van der Waals surface area contributed by atoms with Gasteiger partial charge in [-0.3, -0.25) is 0 Å². The van der Waals surface area contributed by atoms with E-state index in [0.717, 1.165) is 19.5 Å². The van der Waals surface area contributed by atoms with E-state index in [9.17, 15) is 14.7 Å². The first-order valence-corrected chi connectivity index (χ1v) is 9.41. The molecule has 0 aromatic heterocycles. The topological polar surface area (TPSA) is 79.3 Å². The van der Waals surface area contributed by atoms with Crippen LogP contribution in [-0.2, 0) is 9.47 Å². The van der Waals surface area contributed by atoms with Crippen molar-refractivity contribution in [1.82, 2.24) is 9.80 Å². The van der Waals surface area contributed by atoms with Crippen LogP contribution in [0, 0.1) is 5.92 Å². The van der Waals surface area contributed by atoms with E-state index in [1.165, 1.54) is 4.90 Å². The van der Waals surface area contributed by atoms with Gasteiger partial charge in [0.1, 0.15) is 11.2 Å². The number of nitrogens with zero attached hydrogens (tertiary/aromatic N) is 2. The molecule has 2 heterocycles. The Bertz CT molecular complexity index is 437. The lowest BCUT2D eigenvalue weighted by Gasteiger charge is -2.24. The first-order valence-electron chi connectivity index (χ1n) is 9.41. The third-order valence-corrected chi connectivity index (χ3v) is 3.89. The molecule has 0 saturated carbocycles. The normalized spacial score (nSPS) is 23.4. The molecule has 152 valence electrons. The molecule has 0 aliphatic carbocycles. The number of hydrogen-bond donors (Lipinski definition) is 1. The number of carbonyl (C=O) groups is 2. The van der Waals surface area contributed by atoms with Gasteiger partial charge in [0.05, 0.1) is 6.10 Å². The van der Waals surface area contributed by atoms with Crippen molar-refractivity contribution in [3.63, 3.8) is 0 Å². The summed E-state index contributed by atoms with van der Waals surface area (Å²) in [6.07, 6.45) is 0.867. The first kappa shape index (κ1) is 22.5. The maximum absolute atomic E-state index is 11.5. The Morgan fingerprint density at radius 1 is 0.846 bits per heavy atom. The molecule has 0 radical (unpaired) electrons. The van der Waals surface area contributed by atoms with Crippen LogP contribution in [-0.4, -0.2) is 70.6 Å². The van der Waals surface area contributed by atoms with Crippen LogP contribution >= 0.6 is 0 Å². The second-order valence-corrected chi connectivity index (χ2v) is 9.19. The molecule has 2 aliphatic heterocycles. The lowest BCUT2D eigenvalue weighted by Crippen LogP contribution is -2.35. The van der Waals surface area contributed by atoms with Gasteiger partial charge in [0.2, 0.25) is 0 Å². The summed E-state index contributed by atoms with van der Waals surface area (Å²) in [5, 5.41) is 9.20. The Kier molecular flexibility index (Phi) is 7.74. The molecular formula is C19H36N2O5. The van der Waals surface area contributed by atoms with Gasteiger partial charge >= 0.3 is 12.2 Å². The molecule has 0 unspecified atom stereocenters. The molecule has 26 heavy (non-hydrogen) atoms. The highest BCUT2D eigenvalue weighted by Crippen LogP contribution is 2.18. The van der Waals surface area contributed by atoms with Gasteiger partial charge in [0.15, 0.2) is 0 Å². The molecule has 2 amide bonds. The minimum Gasteiger partial charge on any atom is -0.444 e. The van der Waals surface area contributed by atoms with Crippen molar-refractivity contribution >= 4 is 12.2 Å². The van der Waals surface area contributed by atoms with Gasteiger partial charge < -0.3 is 24.4 Å². The van der Waals surface area contributed by atoms with E-state index in [1.807, 2.05) is 41.5 Å². The van der Waals surface area contributed by atoms with E-state index in [-0.39, 0.29) is 23.9 Å². The summed E-state index contributed by atoms with van der Waals surface area (Å²) >= 11 is 0. The van der Waals surface area contributed by atoms with E-state index in [0.29, 0.717) is 25.4 Å². The van der Waals surface area contributed by atoms with Gasteiger partial charge in [-0.15, -0.1) is 0 Å². The van der Waals surface area contributed by atoms with Gasteiger partial charge in [0, 0.05) is 26.2 Å². The molecule has 7 nitrogen and oxygen atoms in total. The van der Waals surface area contributed by atoms with Crippen molar-refractivity contribution in [3.05, 3.63) is 0 Å². The van der Waals surface area contributed by atoms with Gasteiger partial charge in [-0.1, -0.05) is 6.92 Å². The second kappa shape index (κ2) is 8.93. The summed E-state index contributed by atoms with van der Waals surface area (Å²) in [5.74, 6) is 0.618. The van der Waals surface area contributed by atoms with Crippen molar-refractivity contribution < 1.29 is 24.2 Å². The zero-order chi connectivity index (χ0) is 20.1. The van der Waals surface area contributed by atoms with Gasteiger partial charge in [0.25, 0.3) is 0 Å². The predicted molar refractivity (Wildman–Crippen MR) is 100 cm³/mol. The Morgan fingerprint density at radius 3 is 1.58 bits per heavy atom. The van der Waals surface area contributed by atoms with Crippen molar-refractivity contribution in [3.8, 4) is 0 Å². The van der Waals surface area contributed by atoms with E-state index in [2.05, 4.69) is 6.92 Å². The highest BCUT2D eigenvalue weighted by molar-refractivity contribution is 5.68. The van der Waals surface area contributed by atoms with Gasteiger partial charge in [-0.05, 0) is 60.3 Å². The molecule has 1 N–H and O–H groups in total. The molecular weight excluding hydrogens is 336 g/mol. The fourth-order valence-corrected chi connectivity index (χ4v) is 2.66. The number of ether oxygens (including phenoxy) is 2.